The molecule has 0 heterocycles. The fraction of sp³-hybridized carbons (Fsp3) is 0.667. The van der Waals surface area contributed by atoms with Gasteiger partial charge in [-0.2, -0.15) is 0 Å². The maximum atomic E-state index is 11.5. The lowest BCUT2D eigenvalue weighted by atomic mass is 10.1. The number of rotatable bonds is 7. The molecule has 0 aliphatic carbocycles. The van der Waals surface area contributed by atoms with Crippen molar-refractivity contribution in [1.29, 1.82) is 0 Å². The Bertz CT molecular complexity index is 258. The Balaban J connectivity index is 4.10. The van der Waals surface area contributed by atoms with Crippen LogP contribution in [0.2, 0.25) is 0 Å². The first-order valence-electron chi connectivity index (χ1n) is 5.50. The van der Waals surface area contributed by atoms with Crippen LogP contribution in [0.15, 0.2) is 12.2 Å². The fourth-order valence-electron chi connectivity index (χ4n) is 1.10. The van der Waals surface area contributed by atoms with Gasteiger partial charge in [0.05, 0.1) is 13.2 Å². The van der Waals surface area contributed by atoms with E-state index >= 15 is 0 Å². The zero-order valence-electron chi connectivity index (χ0n) is 10.2. The third-order valence-corrected chi connectivity index (χ3v) is 2.04. The number of hydrogen-bond donors (Lipinski definition) is 0. The second-order valence-corrected chi connectivity index (χ2v) is 3.59. The normalized spacial score (nSPS) is 11.7. The second-order valence-electron chi connectivity index (χ2n) is 3.59. The molecule has 0 rings (SSSR count). The average molecular weight is 228 g/mol. The maximum absolute atomic E-state index is 11.5. The van der Waals surface area contributed by atoms with Gasteiger partial charge in [0.15, 0.2) is 5.92 Å². The van der Waals surface area contributed by atoms with E-state index in [1.807, 2.05) is 6.92 Å². The molecule has 0 aliphatic heterocycles. The van der Waals surface area contributed by atoms with Crippen LogP contribution in [0.25, 0.3) is 0 Å². The van der Waals surface area contributed by atoms with Crippen LogP contribution >= 0.6 is 0 Å². The molecular formula is C12H20O4. The molecule has 1 atom stereocenters. The van der Waals surface area contributed by atoms with Gasteiger partial charge in [0.1, 0.15) is 0 Å². The van der Waals surface area contributed by atoms with Crippen LogP contribution in [0.4, 0.5) is 0 Å². The molecule has 16 heavy (non-hydrogen) atoms. The molecule has 0 amide bonds. The number of ether oxygens (including phenoxy) is 2. The summed E-state index contributed by atoms with van der Waals surface area (Å²) in [5, 5.41) is 0. The molecule has 4 heteroatoms. The van der Waals surface area contributed by atoms with Crippen molar-refractivity contribution in [2.75, 3.05) is 13.2 Å². The van der Waals surface area contributed by atoms with Gasteiger partial charge in [-0.15, -0.1) is 6.58 Å². The van der Waals surface area contributed by atoms with Crippen LogP contribution in [0, 0.1) is 5.92 Å². The van der Waals surface area contributed by atoms with Gasteiger partial charge >= 0.3 is 11.9 Å². The van der Waals surface area contributed by atoms with Crippen LogP contribution in [0.5, 0.6) is 0 Å². The van der Waals surface area contributed by atoms with Crippen molar-refractivity contribution in [3.63, 3.8) is 0 Å². The minimum atomic E-state index is -0.801. The van der Waals surface area contributed by atoms with Crippen molar-refractivity contribution in [2.45, 2.75) is 33.6 Å². The minimum absolute atomic E-state index is 0.268. The smallest absolute Gasteiger partial charge is 0.320 e. The molecule has 0 N–H and O–H groups in total. The maximum Gasteiger partial charge on any atom is 0.320 e. The fourth-order valence-corrected chi connectivity index (χ4v) is 1.10. The first-order chi connectivity index (χ1) is 7.52. The van der Waals surface area contributed by atoms with Crippen LogP contribution in [0.1, 0.15) is 33.6 Å². The van der Waals surface area contributed by atoms with E-state index in [1.165, 1.54) is 0 Å². The summed E-state index contributed by atoms with van der Waals surface area (Å²) >= 11 is 0. The molecular weight excluding hydrogens is 208 g/mol. The van der Waals surface area contributed by atoms with E-state index in [1.54, 1.807) is 13.8 Å². The molecule has 0 saturated carbocycles. The van der Waals surface area contributed by atoms with Gasteiger partial charge in [0, 0.05) is 6.42 Å². The molecule has 0 bridgehead atoms. The third kappa shape index (κ3) is 5.53. The number of esters is 2. The van der Waals surface area contributed by atoms with Crippen LogP contribution in [-0.2, 0) is 19.1 Å². The Labute approximate surface area is 96.6 Å². The summed E-state index contributed by atoms with van der Waals surface area (Å²) in [5.41, 5.74) is 0.942. The lowest BCUT2D eigenvalue weighted by Gasteiger charge is -2.12. The van der Waals surface area contributed by atoms with E-state index in [-0.39, 0.29) is 13.2 Å². The Hall–Kier alpha value is -1.32. The van der Waals surface area contributed by atoms with Crippen LogP contribution < -0.4 is 0 Å². The van der Waals surface area contributed by atoms with Gasteiger partial charge in [-0.05, 0) is 20.3 Å². The van der Waals surface area contributed by atoms with Crippen molar-refractivity contribution in [1.82, 2.24) is 0 Å². The van der Waals surface area contributed by atoms with Gasteiger partial charge in [-0.1, -0.05) is 12.5 Å². The number of carbonyl (C=O) groups is 2. The molecule has 0 aromatic rings. The Morgan fingerprint density at radius 1 is 1.19 bits per heavy atom. The van der Waals surface area contributed by atoms with Crippen LogP contribution in [0.3, 0.4) is 0 Å². The largest absolute Gasteiger partial charge is 0.465 e. The summed E-state index contributed by atoms with van der Waals surface area (Å²) in [5.74, 6) is -1.82. The minimum Gasteiger partial charge on any atom is -0.465 e. The zero-order valence-corrected chi connectivity index (χ0v) is 10.2. The van der Waals surface area contributed by atoms with Crippen molar-refractivity contribution < 1.29 is 19.1 Å². The van der Waals surface area contributed by atoms with Crippen molar-refractivity contribution in [3.05, 3.63) is 12.2 Å². The summed E-state index contributed by atoms with van der Waals surface area (Å²) in [6.45, 7) is 9.55. The van der Waals surface area contributed by atoms with E-state index in [4.69, 9.17) is 9.47 Å². The predicted octanol–water partition coefficient (Wildman–Crippen LogP) is 2.09. The Kier molecular flexibility index (Phi) is 7.25. The second kappa shape index (κ2) is 7.91. The lowest BCUT2D eigenvalue weighted by molar-refractivity contribution is -0.161. The van der Waals surface area contributed by atoms with Crippen LogP contribution in [-0.4, -0.2) is 25.2 Å². The molecule has 4 nitrogen and oxygen atoms in total. The summed E-state index contributed by atoms with van der Waals surface area (Å²) in [7, 11) is 0. The number of hydrogen-bond acceptors (Lipinski definition) is 4. The first-order valence-corrected chi connectivity index (χ1v) is 5.50. The lowest BCUT2D eigenvalue weighted by Crippen LogP contribution is -2.27. The van der Waals surface area contributed by atoms with Crippen molar-refractivity contribution in [3.8, 4) is 0 Å². The van der Waals surface area contributed by atoms with E-state index in [0.29, 0.717) is 12.8 Å². The van der Waals surface area contributed by atoms with Gasteiger partial charge in [0.2, 0.25) is 0 Å². The van der Waals surface area contributed by atoms with E-state index < -0.39 is 17.9 Å². The molecule has 0 spiro atoms. The van der Waals surface area contributed by atoms with Crippen molar-refractivity contribution >= 4 is 11.9 Å². The van der Waals surface area contributed by atoms with E-state index in [0.717, 1.165) is 5.57 Å². The molecule has 0 aromatic heterocycles. The highest BCUT2D eigenvalue weighted by molar-refractivity contribution is 5.94. The Morgan fingerprint density at radius 3 is 2.19 bits per heavy atom. The monoisotopic (exact) mass is 228 g/mol. The number of carbonyl (C=O) groups excluding carboxylic acids is 2. The van der Waals surface area contributed by atoms with Gasteiger partial charge in [-0.3, -0.25) is 9.59 Å². The highest BCUT2D eigenvalue weighted by atomic mass is 16.6. The highest BCUT2D eigenvalue weighted by Gasteiger charge is 2.27. The summed E-state index contributed by atoms with van der Waals surface area (Å²) < 4.78 is 9.76. The van der Waals surface area contributed by atoms with E-state index in [2.05, 4.69) is 6.58 Å². The summed E-state index contributed by atoms with van der Waals surface area (Å²) in [4.78, 5) is 22.9. The van der Waals surface area contributed by atoms with Gasteiger partial charge in [0.25, 0.3) is 0 Å². The zero-order chi connectivity index (χ0) is 12.6. The highest BCUT2D eigenvalue weighted by Crippen LogP contribution is 2.09. The van der Waals surface area contributed by atoms with Gasteiger partial charge < -0.3 is 9.47 Å². The standard InChI is InChI=1S/C12H20O4/c1-5-10(11(13)15-6-2)12(14)16-8-7-9(3)4/h10H,3,5-8H2,1-2,4H3. The third-order valence-electron chi connectivity index (χ3n) is 2.04. The SMILES string of the molecule is C=C(C)CCOC(=O)C(CC)C(=O)OCC. The molecule has 0 aromatic carbocycles. The topological polar surface area (TPSA) is 52.6 Å². The van der Waals surface area contributed by atoms with Crippen molar-refractivity contribution in [2.24, 2.45) is 5.92 Å². The molecule has 0 saturated heterocycles. The van der Waals surface area contributed by atoms with Gasteiger partial charge in [-0.25, -0.2) is 0 Å². The molecule has 1 unspecified atom stereocenters. The Morgan fingerprint density at radius 2 is 1.75 bits per heavy atom. The quantitative estimate of drug-likeness (QED) is 0.380. The van der Waals surface area contributed by atoms with E-state index in [9.17, 15) is 9.59 Å². The first kappa shape index (κ1) is 14.7. The summed E-state index contributed by atoms with van der Waals surface area (Å²) in [6.07, 6.45) is 1.01. The molecule has 0 aliphatic rings. The predicted molar refractivity (Wildman–Crippen MR) is 60.8 cm³/mol. The average Bonchev–Trinajstić information content (AvgIpc) is 2.18. The molecule has 0 fully saturated rings. The molecule has 0 radical (unpaired) electrons. The molecule has 92 valence electrons. The summed E-state index contributed by atoms with van der Waals surface area (Å²) in [6, 6.07) is 0.